The zero-order valence-electron chi connectivity index (χ0n) is 14.8. The van der Waals surface area contributed by atoms with E-state index in [9.17, 15) is 4.79 Å². The molecule has 2 rings (SSSR count). The normalized spacial score (nSPS) is 10.4. The highest BCUT2D eigenvalue weighted by Crippen LogP contribution is 2.28. The second-order valence-corrected chi connectivity index (χ2v) is 7.62. The van der Waals surface area contributed by atoms with Gasteiger partial charge in [0, 0.05) is 10.2 Å². The number of benzene rings is 2. The molecule has 0 saturated carbocycles. The lowest BCUT2D eigenvalue weighted by Gasteiger charge is -2.10. The van der Waals surface area contributed by atoms with Gasteiger partial charge in [-0.2, -0.15) is 0 Å². The van der Waals surface area contributed by atoms with Gasteiger partial charge in [-0.15, -0.1) is 0 Å². The van der Waals surface area contributed by atoms with E-state index in [1.807, 2.05) is 36.4 Å². The molecule has 26 heavy (non-hydrogen) atoms. The minimum Gasteiger partial charge on any atom is -0.494 e. The first-order valence-corrected chi connectivity index (χ1v) is 10.3. The van der Waals surface area contributed by atoms with E-state index in [-0.39, 0.29) is 12.5 Å². The van der Waals surface area contributed by atoms with Crippen LogP contribution in [0.25, 0.3) is 0 Å². The summed E-state index contributed by atoms with van der Waals surface area (Å²) in [5.41, 5.74) is 0.715. The van der Waals surface area contributed by atoms with Crippen LogP contribution in [0.2, 0.25) is 0 Å². The van der Waals surface area contributed by atoms with Crippen LogP contribution in [0.15, 0.2) is 51.4 Å². The van der Waals surface area contributed by atoms with Crippen LogP contribution in [0, 0.1) is 0 Å². The van der Waals surface area contributed by atoms with Crippen LogP contribution in [0.3, 0.4) is 0 Å². The Morgan fingerprint density at radius 3 is 2.46 bits per heavy atom. The summed E-state index contributed by atoms with van der Waals surface area (Å²) in [5.74, 6) is 1.22. The molecule has 140 valence electrons. The quantitative estimate of drug-likeness (QED) is 0.409. The van der Waals surface area contributed by atoms with Gasteiger partial charge < -0.3 is 14.8 Å². The molecule has 4 nitrogen and oxygen atoms in total. The van der Waals surface area contributed by atoms with Crippen molar-refractivity contribution in [1.29, 1.82) is 0 Å². The summed E-state index contributed by atoms with van der Waals surface area (Å²) < 4.78 is 13.0. The molecule has 1 amide bonds. The third-order valence-electron chi connectivity index (χ3n) is 3.66. The predicted molar refractivity (Wildman–Crippen MR) is 112 cm³/mol. The van der Waals surface area contributed by atoms with Crippen molar-refractivity contribution >= 4 is 43.5 Å². The molecule has 0 aliphatic carbocycles. The summed E-state index contributed by atoms with van der Waals surface area (Å²) in [4.78, 5) is 12.0. The van der Waals surface area contributed by atoms with Crippen molar-refractivity contribution in [2.75, 3.05) is 18.5 Å². The molecule has 2 aromatic rings. The highest BCUT2D eigenvalue weighted by Gasteiger charge is 2.07. The monoisotopic (exact) mass is 483 g/mol. The van der Waals surface area contributed by atoms with Crippen molar-refractivity contribution in [3.05, 3.63) is 51.4 Å². The number of ether oxygens (including phenoxy) is 2. The van der Waals surface area contributed by atoms with E-state index < -0.39 is 0 Å². The van der Waals surface area contributed by atoms with Crippen molar-refractivity contribution < 1.29 is 14.3 Å². The first-order valence-electron chi connectivity index (χ1n) is 8.69. The van der Waals surface area contributed by atoms with Crippen LogP contribution in [0.4, 0.5) is 5.69 Å². The van der Waals surface area contributed by atoms with Crippen molar-refractivity contribution in [1.82, 2.24) is 0 Å². The number of hydrogen-bond donors (Lipinski definition) is 1. The van der Waals surface area contributed by atoms with E-state index in [1.54, 1.807) is 6.07 Å². The summed E-state index contributed by atoms with van der Waals surface area (Å²) in [7, 11) is 0. The fourth-order valence-electron chi connectivity index (χ4n) is 2.29. The molecule has 6 heteroatoms. The SMILES string of the molecule is CCCCCCOc1ccc(NC(=O)COc2ccc(Br)cc2Br)cc1. The third kappa shape index (κ3) is 7.38. The van der Waals surface area contributed by atoms with Gasteiger partial charge in [0.1, 0.15) is 11.5 Å². The van der Waals surface area contributed by atoms with E-state index in [1.165, 1.54) is 19.3 Å². The van der Waals surface area contributed by atoms with Gasteiger partial charge in [-0.3, -0.25) is 4.79 Å². The number of carbonyl (C=O) groups is 1. The minimum atomic E-state index is -0.215. The molecule has 0 aromatic heterocycles. The number of amides is 1. The Balaban J connectivity index is 1.74. The Morgan fingerprint density at radius 1 is 1.00 bits per heavy atom. The third-order valence-corrected chi connectivity index (χ3v) is 4.77. The molecule has 0 bridgehead atoms. The van der Waals surface area contributed by atoms with Crippen LogP contribution in [-0.4, -0.2) is 19.1 Å². The highest BCUT2D eigenvalue weighted by molar-refractivity contribution is 9.11. The maximum absolute atomic E-state index is 12.0. The van der Waals surface area contributed by atoms with Crippen LogP contribution < -0.4 is 14.8 Å². The first-order chi connectivity index (χ1) is 12.6. The van der Waals surface area contributed by atoms with Crippen LogP contribution in [0.5, 0.6) is 11.5 Å². The van der Waals surface area contributed by atoms with Crippen LogP contribution >= 0.6 is 31.9 Å². The van der Waals surface area contributed by atoms with Gasteiger partial charge in [-0.05, 0) is 64.8 Å². The molecule has 0 heterocycles. The zero-order valence-corrected chi connectivity index (χ0v) is 17.9. The van der Waals surface area contributed by atoms with Crippen molar-refractivity contribution in [3.8, 4) is 11.5 Å². The Hall–Kier alpha value is -1.53. The number of anilines is 1. The molecule has 0 saturated heterocycles. The molecule has 0 fully saturated rings. The largest absolute Gasteiger partial charge is 0.494 e. The topological polar surface area (TPSA) is 47.6 Å². The van der Waals surface area contributed by atoms with E-state index >= 15 is 0 Å². The molecule has 0 aliphatic rings. The van der Waals surface area contributed by atoms with Gasteiger partial charge in [-0.1, -0.05) is 42.1 Å². The molecule has 0 spiro atoms. The first kappa shape index (κ1) is 20.8. The molecule has 0 atom stereocenters. The predicted octanol–water partition coefficient (Wildman–Crippen LogP) is 6.19. The second kappa shape index (κ2) is 11.2. The number of carbonyl (C=O) groups excluding carboxylic acids is 1. The van der Waals surface area contributed by atoms with E-state index in [2.05, 4.69) is 44.1 Å². The van der Waals surface area contributed by atoms with E-state index in [0.29, 0.717) is 11.4 Å². The van der Waals surface area contributed by atoms with Gasteiger partial charge in [0.25, 0.3) is 5.91 Å². The van der Waals surface area contributed by atoms with Gasteiger partial charge in [0.05, 0.1) is 11.1 Å². The van der Waals surface area contributed by atoms with Gasteiger partial charge in [-0.25, -0.2) is 0 Å². The van der Waals surface area contributed by atoms with E-state index in [4.69, 9.17) is 9.47 Å². The lowest BCUT2D eigenvalue weighted by Crippen LogP contribution is -2.20. The molecule has 0 radical (unpaired) electrons. The molecule has 1 N–H and O–H groups in total. The molecule has 0 aliphatic heterocycles. The van der Waals surface area contributed by atoms with Crippen LogP contribution in [0.1, 0.15) is 32.6 Å². The van der Waals surface area contributed by atoms with Crippen LogP contribution in [-0.2, 0) is 4.79 Å². The average molecular weight is 485 g/mol. The molecular formula is C20H23Br2NO3. The Morgan fingerprint density at radius 2 is 1.77 bits per heavy atom. The molecule has 2 aromatic carbocycles. The maximum Gasteiger partial charge on any atom is 0.262 e. The van der Waals surface area contributed by atoms with Crippen molar-refractivity contribution in [2.24, 2.45) is 0 Å². The number of nitrogens with one attached hydrogen (secondary N) is 1. The number of halogens is 2. The number of unbranched alkanes of at least 4 members (excludes halogenated alkanes) is 3. The Labute approximate surface area is 171 Å². The summed E-state index contributed by atoms with van der Waals surface area (Å²) in [6.45, 7) is 2.86. The highest BCUT2D eigenvalue weighted by atomic mass is 79.9. The molecule has 0 unspecified atom stereocenters. The summed E-state index contributed by atoms with van der Waals surface area (Å²) in [6.07, 6.45) is 4.72. The standard InChI is InChI=1S/C20H23Br2NO3/c1-2-3-4-5-12-25-17-9-7-16(8-10-17)23-20(24)14-26-19-11-6-15(21)13-18(19)22/h6-11,13H,2-5,12,14H2,1H3,(H,23,24). The fraction of sp³-hybridized carbons (Fsp3) is 0.350. The minimum absolute atomic E-state index is 0.0596. The zero-order chi connectivity index (χ0) is 18.8. The van der Waals surface area contributed by atoms with Crippen molar-refractivity contribution in [2.45, 2.75) is 32.6 Å². The lowest BCUT2D eigenvalue weighted by atomic mass is 10.2. The summed E-state index contributed by atoms with van der Waals surface area (Å²) in [5, 5.41) is 2.81. The van der Waals surface area contributed by atoms with Crippen molar-refractivity contribution in [3.63, 3.8) is 0 Å². The number of rotatable bonds is 10. The smallest absolute Gasteiger partial charge is 0.262 e. The molecular weight excluding hydrogens is 462 g/mol. The second-order valence-electron chi connectivity index (χ2n) is 5.85. The maximum atomic E-state index is 12.0. The summed E-state index contributed by atoms with van der Waals surface area (Å²) >= 11 is 6.78. The average Bonchev–Trinajstić information content (AvgIpc) is 2.62. The van der Waals surface area contributed by atoms with Gasteiger partial charge in [0.2, 0.25) is 0 Å². The Kier molecular flexibility index (Phi) is 8.98. The Bertz CT molecular complexity index is 705. The summed E-state index contributed by atoms with van der Waals surface area (Å²) in [6, 6.07) is 12.9. The van der Waals surface area contributed by atoms with Gasteiger partial charge in [0.15, 0.2) is 6.61 Å². The lowest BCUT2D eigenvalue weighted by molar-refractivity contribution is -0.118. The number of hydrogen-bond acceptors (Lipinski definition) is 3. The van der Waals surface area contributed by atoms with Gasteiger partial charge >= 0.3 is 0 Å². The fourth-order valence-corrected chi connectivity index (χ4v) is 3.45. The van der Waals surface area contributed by atoms with E-state index in [0.717, 1.165) is 27.7 Å².